The molecular formula is C21H34N4O3. The van der Waals surface area contributed by atoms with Gasteiger partial charge in [0.25, 0.3) is 0 Å². The van der Waals surface area contributed by atoms with Crippen LogP contribution in [0.25, 0.3) is 0 Å². The molecule has 1 aliphatic rings. The van der Waals surface area contributed by atoms with E-state index >= 15 is 0 Å². The molecule has 1 aromatic rings. The number of carbonyl (C=O) groups is 2. The summed E-state index contributed by atoms with van der Waals surface area (Å²) in [5.41, 5.74) is 1.02. The minimum Gasteiger partial charge on any atom is -0.494 e. The number of likely N-dealkylation sites (N-methyl/N-ethyl adjacent to an activating group) is 1. The molecule has 1 heterocycles. The molecule has 7 nitrogen and oxygen atoms in total. The van der Waals surface area contributed by atoms with Gasteiger partial charge >= 0.3 is 0 Å². The van der Waals surface area contributed by atoms with Crippen molar-refractivity contribution in [2.45, 2.75) is 33.2 Å². The first-order valence-corrected chi connectivity index (χ1v) is 10.3. The number of nitrogens with zero attached hydrogens (tertiary/aromatic N) is 2. The summed E-state index contributed by atoms with van der Waals surface area (Å²) >= 11 is 0. The summed E-state index contributed by atoms with van der Waals surface area (Å²) < 4.78 is 5.71. The molecule has 1 aromatic carbocycles. The van der Waals surface area contributed by atoms with Gasteiger partial charge in [0, 0.05) is 38.3 Å². The van der Waals surface area contributed by atoms with Gasteiger partial charge in [-0.2, -0.15) is 0 Å². The number of hydrogen-bond acceptors (Lipinski definition) is 5. The van der Waals surface area contributed by atoms with Crippen LogP contribution in [0.3, 0.4) is 0 Å². The normalized spacial score (nSPS) is 16.4. The minimum atomic E-state index is -0.0609. The van der Waals surface area contributed by atoms with E-state index < -0.39 is 0 Å². The Hall–Kier alpha value is -2.12. The fourth-order valence-electron chi connectivity index (χ4n) is 3.46. The Balaban J connectivity index is 1.82. The Labute approximate surface area is 168 Å². The minimum absolute atomic E-state index is 0.0235. The number of carbonyl (C=O) groups excluding carboxylic acids is 2. The summed E-state index contributed by atoms with van der Waals surface area (Å²) in [5, 5.41) is 5.98. The Morgan fingerprint density at radius 1 is 1.00 bits per heavy atom. The van der Waals surface area contributed by atoms with Crippen LogP contribution in [0, 0.1) is 0 Å². The molecule has 0 aromatic heterocycles. The van der Waals surface area contributed by atoms with E-state index in [2.05, 4.69) is 27.4 Å². The SMILES string of the molecule is CCNC(=O)CN1CCN(CC(=O)NC(CC)c2ccccc2OCC)CC1. The van der Waals surface area contributed by atoms with Crippen molar-refractivity contribution in [3.8, 4) is 5.75 Å². The third-order valence-corrected chi connectivity index (χ3v) is 4.91. The van der Waals surface area contributed by atoms with Gasteiger partial charge in [-0.15, -0.1) is 0 Å². The second-order valence-corrected chi connectivity index (χ2v) is 7.00. The maximum absolute atomic E-state index is 12.6. The van der Waals surface area contributed by atoms with E-state index in [1.807, 2.05) is 38.1 Å². The molecule has 0 aliphatic carbocycles. The lowest BCUT2D eigenvalue weighted by Crippen LogP contribution is -2.51. The fraction of sp³-hybridized carbons (Fsp3) is 0.619. The van der Waals surface area contributed by atoms with Gasteiger partial charge in [0.1, 0.15) is 5.75 Å². The molecule has 28 heavy (non-hydrogen) atoms. The highest BCUT2D eigenvalue weighted by atomic mass is 16.5. The molecule has 1 fully saturated rings. The Morgan fingerprint density at radius 3 is 2.18 bits per heavy atom. The predicted molar refractivity (Wildman–Crippen MR) is 110 cm³/mol. The first kappa shape index (κ1) is 22.2. The zero-order valence-corrected chi connectivity index (χ0v) is 17.4. The quantitative estimate of drug-likeness (QED) is 0.632. The molecule has 0 spiro atoms. The second-order valence-electron chi connectivity index (χ2n) is 7.00. The third kappa shape index (κ3) is 6.80. The first-order chi connectivity index (χ1) is 13.6. The Kier molecular flexibility index (Phi) is 9.23. The molecule has 1 aliphatic heterocycles. The van der Waals surface area contributed by atoms with Gasteiger partial charge in [-0.05, 0) is 26.3 Å². The topological polar surface area (TPSA) is 73.9 Å². The van der Waals surface area contributed by atoms with Crippen molar-refractivity contribution in [1.82, 2.24) is 20.4 Å². The number of para-hydroxylation sites is 1. The zero-order valence-electron chi connectivity index (χ0n) is 17.4. The molecule has 0 bridgehead atoms. The van der Waals surface area contributed by atoms with Crippen LogP contribution >= 0.6 is 0 Å². The van der Waals surface area contributed by atoms with Crippen LogP contribution in [0.5, 0.6) is 5.75 Å². The van der Waals surface area contributed by atoms with Crippen LogP contribution in [0.15, 0.2) is 24.3 Å². The first-order valence-electron chi connectivity index (χ1n) is 10.3. The maximum Gasteiger partial charge on any atom is 0.234 e. The molecule has 2 amide bonds. The number of amides is 2. The lowest BCUT2D eigenvalue weighted by molar-refractivity contribution is -0.125. The van der Waals surface area contributed by atoms with Crippen LogP contribution in [-0.4, -0.2) is 74.0 Å². The predicted octanol–water partition coefficient (Wildman–Crippen LogP) is 1.41. The van der Waals surface area contributed by atoms with Gasteiger partial charge in [-0.3, -0.25) is 19.4 Å². The number of nitrogens with one attached hydrogen (secondary N) is 2. The summed E-state index contributed by atoms with van der Waals surface area (Å²) in [6.45, 7) is 11.2. The molecule has 7 heteroatoms. The number of rotatable bonds is 10. The smallest absolute Gasteiger partial charge is 0.234 e. The summed E-state index contributed by atoms with van der Waals surface area (Å²) in [5.74, 6) is 0.916. The summed E-state index contributed by atoms with van der Waals surface area (Å²) in [6, 6.07) is 7.82. The lowest BCUT2D eigenvalue weighted by atomic mass is 10.0. The molecule has 0 radical (unpaired) electrons. The number of ether oxygens (including phenoxy) is 1. The van der Waals surface area contributed by atoms with Gasteiger partial charge in [0.05, 0.1) is 25.7 Å². The Morgan fingerprint density at radius 2 is 1.61 bits per heavy atom. The summed E-state index contributed by atoms with van der Waals surface area (Å²) in [7, 11) is 0. The van der Waals surface area contributed by atoms with Crippen molar-refractivity contribution in [1.29, 1.82) is 0 Å². The lowest BCUT2D eigenvalue weighted by Gasteiger charge is -2.34. The Bertz CT molecular complexity index is 630. The van der Waals surface area contributed by atoms with Crippen molar-refractivity contribution in [2.24, 2.45) is 0 Å². The van der Waals surface area contributed by atoms with E-state index in [-0.39, 0.29) is 17.9 Å². The highest BCUT2D eigenvalue weighted by molar-refractivity contribution is 5.79. The van der Waals surface area contributed by atoms with E-state index in [1.54, 1.807) is 0 Å². The van der Waals surface area contributed by atoms with Gasteiger partial charge < -0.3 is 15.4 Å². The molecule has 2 rings (SSSR count). The number of piperazine rings is 1. The van der Waals surface area contributed by atoms with Crippen molar-refractivity contribution >= 4 is 11.8 Å². The monoisotopic (exact) mass is 390 g/mol. The molecule has 1 saturated heterocycles. The third-order valence-electron chi connectivity index (χ3n) is 4.91. The van der Waals surface area contributed by atoms with E-state index in [4.69, 9.17) is 4.74 Å². The van der Waals surface area contributed by atoms with Crippen LogP contribution in [0.2, 0.25) is 0 Å². The number of benzene rings is 1. The van der Waals surface area contributed by atoms with Gasteiger partial charge in [0.2, 0.25) is 11.8 Å². The second kappa shape index (κ2) is 11.7. The van der Waals surface area contributed by atoms with Crippen molar-refractivity contribution in [2.75, 3.05) is 52.4 Å². The maximum atomic E-state index is 12.6. The average molecular weight is 391 g/mol. The summed E-state index contributed by atoms with van der Waals surface area (Å²) in [6.07, 6.45) is 0.802. The largest absolute Gasteiger partial charge is 0.494 e. The van der Waals surface area contributed by atoms with Crippen LogP contribution in [0.4, 0.5) is 0 Å². The summed E-state index contributed by atoms with van der Waals surface area (Å²) in [4.78, 5) is 28.6. The van der Waals surface area contributed by atoms with Crippen molar-refractivity contribution in [3.05, 3.63) is 29.8 Å². The van der Waals surface area contributed by atoms with E-state index in [1.165, 1.54) is 0 Å². The average Bonchev–Trinajstić information content (AvgIpc) is 2.69. The van der Waals surface area contributed by atoms with Crippen LogP contribution in [0.1, 0.15) is 38.8 Å². The van der Waals surface area contributed by atoms with E-state index in [0.717, 1.165) is 43.9 Å². The van der Waals surface area contributed by atoms with E-state index in [9.17, 15) is 9.59 Å². The molecule has 156 valence electrons. The van der Waals surface area contributed by atoms with Crippen LogP contribution in [-0.2, 0) is 9.59 Å². The molecule has 0 saturated carbocycles. The van der Waals surface area contributed by atoms with Gasteiger partial charge in [0.15, 0.2) is 0 Å². The van der Waals surface area contributed by atoms with E-state index in [0.29, 0.717) is 26.2 Å². The van der Waals surface area contributed by atoms with Crippen molar-refractivity contribution in [3.63, 3.8) is 0 Å². The molecule has 1 unspecified atom stereocenters. The zero-order chi connectivity index (χ0) is 20.4. The van der Waals surface area contributed by atoms with Gasteiger partial charge in [-0.25, -0.2) is 0 Å². The number of hydrogen-bond donors (Lipinski definition) is 2. The molecule has 2 N–H and O–H groups in total. The van der Waals surface area contributed by atoms with Gasteiger partial charge in [-0.1, -0.05) is 25.1 Å². The van der Waals surface area contributed by atoms with Crippen molar-refractivity contribution < 1.29 is 14.3 Å². The van der Waals surface area contributed by atoms with Crippen LogP contribution < -0.4 is 15.4 Å². The molecule has 1 atom stereocenters. The molecular weight excluding hydrogens is 356 g/mol. The standard InChI is InChI=1S/C21H34N4O3/c1-4-18(17-9-7-8-10-19(17)28-6-3)23-21(27)16-25-13-11-24(12-14-25)15-20(26)22-5-2/h7-10,18H,4-6,11-16H2,1-3H3,(H,22,26)(H,23,27). The highest BCUT2D eigenvalue weighted by Crippen LogP contribution is 2.27. The fourth-order valence-corrected chi connectivity index (χ4v) is 3.46. The highest BCUT2D eigenvalue weighted by Gasteiger charge is 2.22.